The molecule has 3 aromatic rings. The van der Waals surface area contributed by atoms with Crippen LogP contribution in [0.15, 0.2) is 60.7 Å². The van der Waals surface area contributed by atoms with Crippen molar-refractivity contribution in [3.05, 3.63) is 71.8 Å². The van der Waals surface area contributed by atoms with Crippen molar-refractivity contribution in [2.45, 2.75) is 27.7 Å². The average Bonchev–Trinajstić information content (AvgIpc) is 2.63. The third-order valence-corrected chi connectivity index (χ3v) is 4.42. The number of carbonyl (C=O) groups excluding carboxylic acids is 2. The molecule has 0 radical (unpaired) electrons. The van der Waals surface area contributed by atoms with Crippen molar-refractivity contribution in [1.82, 2.24) is 0 Å². The molecule has 3 aromatic carbocycles. The number of benzene rings is 3. The first-order chi connectivity index (χ1) is 13.2. The first-order valence-electron chi connectivity index (χ1n) is 8.91. The molecule has 28 heavy (non-hydrogen) atoms. The van der Waals surface area contributed by atoms with E-state index in [0.717, 1.165) is 11.1 Å². The molecule has 3 rings (SSSR count). The van der Waals surface area contributed by atoms with Crippen LogP contribution in [0.25, 0.3) is 21.5 Å². The van der Waals surface area contributed by atoms with Crippen LogP contribution in [0.2, 0.25) is 0 Å². The van der Waals surface area contributed by atoms with Gasteiger partial charge < -0.3 is 9.47 Å². The van der Waals surface area contributed by atoms with Crippen molar-refractivity contribution in [2.24, 2.45) is 0 Å². The molecule has 4 nitrogen and oxygen atoms in total. The molecule has 0 N–H and O–H groups in total. The minimum absolute atomic E-state index is 0.304. The number of aryl methyl sites for hydroxylation is 2. The summed E-state index contributed by atoms with van der Waals surface area (Å²) in [6, 6.07) is 11.4. The monoisotopic (exact) mass is 374 g/mol. The molecule has 142 valence electrons. The van der Waals surface area contributed by atoms with Gasteiger partial charge in [0.05, 0.1) is 0 Å². The predicted molar refractivity (Wildman–Crippen MR) is 112 cm³/mol. The highest BCUT2D eigenvalue weighted by molar-refractivity contribution is 6.14. The number of ether oxygens (including phenoxy) is 2. The second-order valence-electron chi connectivity index (χ2n) is 7.10. The van der Waals surface area contributed by atoms with Crippen molar-refractivity contribution in [1.29, 1.82) is 0 Å². The van der Waals surface area contributed by atoms with Gasteiger partial charge in [-0.3, -0.25) is 0 Å². The van der Waals surface area contributed by atoms with Gasteiger partial charge in [0.1, 0.15) is 11.5 Å². The Morgan fingerprint density at radius 3 is 1.36 bits per heavy atom. The Bertz CT molecular complexity index is 1070. The first-order valence-corrected chi connectivity index (χ1v) is 8.91. The summed E-state index contributed by atoms with van der Waals surface area (Å²) in [6.07, 6.45) is 0. The van der Waals surface area contributed by atoms with Crippen molar-refractivity contribution in [3.63, 3.8) is 0 Å². The number of hydrogen-bond acceptors (Lipinski definition) is 4. The van der Waals surface area contributed by atoms with Gasteiger partial charge in [0.2, 0.25) is 0 Å². The summed E-state index contributed by atoms with van der Waals surface area (Å²) in [5.41, 5.74) is 2.59. The zero-order valence-corrected chi connectivity index (χ0v) is 16.5. The van der Waals surface area contributed by atoms with Gasteiger partial charge in [-0.15, -0.1) is 0 Å². The standard InChI is InChI=1S/C24H22O4/c1-13(2)23(25)27-21-17-9-7-16(6)12-20(17)22(28-24(26)14(3)4)18-10-8-15(5)11-19(18)21/h7-12H,1,3H2,2,4-6H3. The Morgan fingerprint density at radius 2 is 1.04 bits per heavy atom. The Labute approximate surface area is 164 Å². The lowest BCUT2D eigenvalue weighted by Gasteiger charge is -2.17. The highest BCUT2D eigenvalue weighted by Gasteiger charge is 2.21. The Balaban J connectivity index is 2.43. The molecule has 0 atom stereocenters. The molecule has 0 aliphatic rings. The van der Waals surface area contributed by atoms with Crippen LogP contribution in [0.1, 0.15) is 25.0 Å². The predicted octanol–water partition coefficient (Wildman–Crippen LogP) is 5.57. The Kier molecular flexibility index (Phi) is 5.06. The van der Waals surface area contributed by atoms with Crippen molar-refractivity contribution >= 4 is 33.5 Å². The largest absolute Gasteiger partial charge is 0.422 e. The van der Waals surface area contributed by atoms with Gasteiger partial charge in [-0.2, -0.15) is 0 Å². The summed E-state index contributed by atoms with van der Waals surface area (Å²) in [5, 5.41) is 2.75. The highest BCUT2D eigenvalue weighted by atomic mass is 16.5. The summed E-state index contributed by atoms with van der Waals surface area (Å²) in [5.74, 6) is -0.152. The van der Waals surface area contributed by atoms with Gasteiger partial charge in [-0.25, -0.2) is 9.59 Å². The topological polar surface area (TPSA) is 52.6 Å². The van der Waals surface area contributed by atoms with Crippen LogP contribution in [0.3, 0.4) is 0 Å². The van der Waals surface area contributed by atoms with E-state index in [0.29, 0.717) is 44.2 Å². The second-order valence-corrected chi connectivity index (χ2v) is 7.10. The molecule has 0 aliphatic heterocycles. The van der Waals surface area contributed by atoms with E-state index in [2.05, 4.69) is 13.2 Å². The molecule has 0 spiro atoms. The summed E-state index contributed by atoms with van der Waals surface area (Å²) in [4.78, 5) is 24.6. The van der Waals surface area contributed by atoms with E-state index in [1.807, 2.05) is 50.2 Å². The molecule has 0 saturated carbocycles. The molecule has 0 amide bonds. The molecule has 0 saturated heterocycles. The van der Waals surface area contributed by atoms with E-state index in [4.69, 9.17) is 9.47 Å². The Morgan fingerprint density at radius 1 is 0.679 bits per heavy atom. The van der Waals surface area contributed by atoms with E-state index in [-0.39, 0.29) is 0 Å². The normalized spacial score (nSPS) is 10.7. The quantitative estimate of drug-likeness (QED) is 0.259. The van der Waals surface area contributed by atoms with E-state index >= 15 is 0 Å². The molecule has 0 aromatic heterocycles. The molecule has 0 bridgehead atoms. The van der Waals surface area contributed by atoms with Crippen LogP contribution in [-0.2, 0) is 9.59 Å². The fraction of sp³-hybridized carbons (Fsp3) is 0.167. The Hall–Kier alpha value is -3.40. The smallest absolute Gasteiger partial charge is 0.338 e. The summed E-state index contributed by atoms with van der Waals surface area (Å²) in [7, 11) is 0. The summed E-state index contributed by atoms with van der Waals surface area (Å²) < 4.78 is 11.4. The van der Waals surface area contributed by atoms with Gasteiger partial charge in [0, 0.05) is 32.7 Å². The third-order valence-electron chi connectivity index (χ3n) is 4.42. The van der Waals surface area contributed by atoms with E-state index in [1.165, 1.54) is 0 Å². The molecule has 4 heteroatoms. The lowest BCUT2D eigenvalue weighted by molar-refractivity contribution is -0.130. The molecule has 0 heterocycles. The SMILES string of the molecule is C=C(C)C(=O)Oc1c2ccc(C)cc2c(OC(=O)C(=C)C)c2ccc(C)cc12. The molecule has 0 unspecified atom stereocenters. The number of esters is 2. The van der Waals surface area contributed by atoms with Crippen LogP contribution in [0.4, 0.5) is 0 Å². The molecule has 0 aliphatic carbocycles. The number of hydrogen-bond donors (Lipinski definition) is 0. The van der Waals surface area contributed by atoms with Crippen molar-refractivity contribution < 1.29 is 19.1 Å². The second kappa shape index (κ2) is 7.31. The van der Waals surface area contributed by atoms with Gasteiger partial charge in [-0.05, 0) is 39.8 Å². The average molecular weight is 374 g/mol. The maximum atomic E-state index is 12.3. The van der Waals surface area contributed by atoms with Crippen LogP contribution in [0, 0.1) is 13.8 Å². The summed E-state index contributed by atoms with van der Waals surface area (Å²) in [6.45, 7) is 14.4. The van der Waals surface area contributed by atoms with Crippen LogP contribution < -0.4 is 9.47 Å². The lowest BCUT2D eigenvalue weighted by Crippen LogP contribution is -2.11. The van der Waals surface area contributed by atoms with Crippen molar-refractivity contribution in [2.75, 3.05) is 0 Å². The van der Waals surface area contributed by atoms with E-state index < -0.39 is 11.9 Å². The number of fused-ring (bicyclic) bond motifs is 2. The number of rotatable bonds is 4. The van der Waals surface area contributed by atoms with E-state index in [9.17, 15) is 9.59 Å². The minimum atomic E-state index is -0.503. The first kappa shape index (κ1) is 19.4. The highest BCUT2D eigenvalue weighted by Crippen LogP contribution is 2.44. The van der Waals surface area contributed by atoms with Gasteiger partial charge >= 0.3 is 11.9 Å². The lowest BCUT2D eigenvalue weighted by atomic mass is 9.97. The molecular weight excluding hydrogens is 352 g/mol. The minimum Gasteiger partial charge on any atom is -0.422 e. The number of carbonyl (C=O) groups is 2. The zero-order valence-electron chi connectivity index (χ0n) is 16.5. The van der Waals surface area contributed by atoms with Crippen LogP contribution >= 0.6 is 0 Å². The van der Waals surface area contributed by atoms with Crippen LogP contribution in [-0.4, -0.2) is 11.9 Å². The fourth-order valence-corrected chi connectivity index (χ4v) is 2.96. The summed E-state index contributed by atoms with van der Waals surface area (Å²) >= 11 is 0. The maximum Gasteiger partial charge on any atom is 0.338 e. The van der Waals surface area contributed by atoms with Gasteiger partial charge in [0.15, 0.2) is 0 Å². The molecular formula is C24H22O4. The van der Waals surface area contributed by atoms with Gasteiger partial charge in [0.25, 0.3) is 0 Å². The van der Waals surface area contributed by atoms with Crippen molar-refractivity contribution in [3.8, 4) is 11.5 Å². The molecule has 0 fully saturated rings. The van der Waals surface area contributed by atoms with E-state index in [1.54, 1.807) is 13.8 Å². The van der Waals surface area contributed by atoms with Gasteiger partial charge in [-0.1, -0.05) is 48.6 Å². The maximum absolute atomic E-state index is 12.3. The zero-order chi connectivity index (χ0) is 20.6. The third kappa shape index (κ3) is 3.54. The fourth-order valence-electron chi connectivity index (χ4n) is 2.96. The van der Waals surface area contributed by atoms with Crippen LogP contribution in [0.5, 0.6) is 11.5 Å².